The zero-order valence-electron chi connectivity index (χ0n) is 15.3. The molecule has 5 heteroatoms. The summed E-state index contributed by atoms with van der Waals surface area (Å²) in [5.41, 5.74) is 1.17. The number of carbonyl (C=O) groups excluding carboxylic acids is 2. The Balaban J connectivity index is 1.88. The van der Waals surface area contributed by atoms with Crippen LogP contribution in [0, 0.1) is 5.92 Å². The van der Waals surface area contributed by atoms with Crippen molar-refractivity contribution in [3.05, 3.63) is 35.4 Å². The van der Waals surface area contributed by atoms with Gasteiger partial charge in [-0.25, -0.2) is 0 Å². The Bertz CT molecular complexity index is 579. The summed E-state index contributed by atoms with van der Waals surface area (Å²) in [6.07, 6.45) is 5.57. The van der Waals surface area contributed by atoms with E-state index in [1.165, 1.54) is 0 Å². The van der Waals surface area contributed by atoms with Gasteiger partial charge in [0.1, 0.15) is 0 Å². The fourth-order valence-electron chi connectivity index (χ4n) is 3.22. The molecule has 1 aliphatic carbocycles. The lowest BCUT2D eigenvalue weighted by atomic mass is 9.94. The minimum atomic E-state index is -0.403. The number of benzene rings is 1. The Morgan fingerprint density at radius 2 is 1.84 bits per heavy atom. The highest BCUT2D eigenvalue weighted by Crippen LogP contribution is 2.24. The molecule has 1 fully saturated rings. The number of hydrogen-bond donors (Lipinski definition) is 3. The minimum Gasteiger partial charge on any atom is -0.396 e. The molecule has 0 radical (unpaired) electrons. The first-order valence-electron chi connectivity index (χ1n) is 9.27. The molecule has 0 spiro atoms. The first-order valence-corrected chi connectivity index (χ1v) is 9.27. The molecule has 0 aliphatic heterocycles. The van der Waals surface area contributed by atoms with E-state index in [-0.39, 0.29) is 24.3 Å². The number of nitrogens with one attached hydrogen (secondary N) is 2. The van der Waals surface area contributed by atoms with E-state index in [9.17, 15) is 9.59 Å². The molecule has 1 unspecified atom stereocenters. The lowest BCUT2D eigenvalue weighted by Gasteiger charge is -2.29. The van der Waals surface area contributed by atoms with Gasteiger partial charge in [0.2, 0.25) is 5.91 Å². The summed E-state index contributed by atoms with van der Waals surface area (Å²) in [4.78, 5) is 24.4. The van der Waals surface area contributed by atoms with Crippen molar-refractivity contribution in [2.45, 2.75) is 64.5 Å². The summed E-state index contributed by atoms with van der Waals surface area (Å²) >= 11 is 0. The normalized spacial score (nSPS) is 17.1. The van der Waals surface area contributed by atoms with E-state index in [0.717, 1.165) is 37.7 Å². The van der Waals surface area contributed by atoms with Gasteiger partial charge in [-0.3, -0.25) is 9.59 Å². The molecule has 2 amide bonds. The van der Waals surface area contributed by atoms with Gasteiger partial charge in [0.25, 0.3) is 5.91 Å². The summed E-state index contributed by atoms with van der Waals surface area (Å²) in [7, 11) is 0. The van der Waals surface area contributed by atoms with Crippen molar-refractivity contribution in [1.82, 2.24) is 10.6 Å². The SMILES string of the molecule is CCC(C)(CCO)NC(=O)c1ccc(CNC(=O)C2CCCC2)cc1. The van der Waals surface area contributed by atoms with Crippen molar-refractivity contribution in [3.8, 4) is 0 Å². The predicted octanol–water partition coefficient (Wildman–Crippen LogP) is 2.77. The molecule has 1 aromatic carbocycles. The maximum absolute atomic E-state index is 12.4. The Morgan fingerprint density at radius 3 is 2.40 bits per heavy atom. The standard InChI is InChI=1S/C20H30N2O3/c1-3-20(2,12-13-23)22-19(25)17-10-8-15(9-11-17)14-21-18(24)16-6-4-5-7-16/h8-11,16,23H,3-7,12-14H2,1-2H3,(H,21,24)(H,22,25). The van der Waals surface area contributed by atoms with Crippen molar-refractivity contribution in [1.29, 1.82) is 0 Å². The third kappa shape index (κ3) is 5.56. The maximum atomic E-state index is 12.4. The zero-order chi connectivity index (χ0) is 18.3. The molecule has 5 nitrogen and oxygen atoms in total. The van der Waals surface area contributed by atoms with Gasteiger partial charge in [-0.1, -0.05) is 31.9 Å². The molecule has 1 aromatic rings. The van der Waals surface area contributed by atoms with Crippen LogP contribution in [0.25, 0.3) is 0 Å². The van der Waals surface area contributed by atoms with Crippen molar-refractivity contribution in [2.75, 3.05) is 6.61 Å². The summed E-state index contributed by atoms with van der Waals surface area (Å²) in [5, 5.41) is 15.1. The highest BCUT2D eigenvalue weighted by molar-refractivity contribution is 5.94. The summed E-state index contributed by atoms with van der Waals surface area (Å²) in [5.74, 6) is 0.171. The summed E-state index contributed by atoms with van der Waals surface area (Å²) in [6, 6.07) is 7.31. The van der Waals surface area contributed by atoms with Gasteiger partial charge in [0, 0.05) is 30.2 Å². The van der Waals surface area contributed by atoms with Crippen LogP contribution in [0.4, 0.5) is 0 Å². The first-order chi connectivity index (χ1) is 12.0. The second-order valence-electron chi connectivity index (χ2n) is 7.24. The summed E-state index contributed by atoms with van der Waals surface area (Å²) < 4.78 is 0. The van der Waals surface area contributed by atoms with Crippen LogP contribution in [0.2, 0.25) is 0 Å². The fraction of sp³-hybridized carbons (Fsp3) is 0.600. The lowest BCUT2D eigenvalue weighted by molar-refractivity contribution is -0.124. The third-order valence-electron chi connectivity index (χ3n) is 5.27. The Labute approximate surface area is 150 Å². The van der Waals surface area contributed by atoms with Crippen molar-refractivity contribution in [3.63, 3.8) is 0 Å². The zero-order valence-corrected chi connectivity index (χ0v) is 15.3. The number of aliphatic hydroxyl groups excluding tert-OH is 1. The molecule has 0 saturated heterocycles. The number of hydrogen-bond acceptors (Lipinski definition) is 3. The molecule has 2 rings (SSSR count). The molecule has 3 N–H and O–H groups in total. The van der Waals surface area contributed by atoms with E-state index in [0.29, 0.717) is 18.5 Å². The van der Waals surface area contributed by atoms with E-state index >= 15 is 0 Å². The largest absolute Gasteiger partial charge is 0.396 e. The van der Waals surface area contributed by atoms with Crippen LogP contribution in [-0.4, -0.2) is 29.1 Å². The monoisotopic (exact) mass is 346 g/mol. The predicted molar refractivity (Wildman–Crippen MR) is 98.1 cm³/mol. The Hall–Kier alpha value is -1.88. The van der Waals surface area contributed by atoms with Crippen LogP contribution in [-0.2, 0) is 11.3 Å². The van der Waals surface area contributed by atoms with Crippen LogP contribution in [0.15, 0.2) is 24.3 Å². The third-order valence-corrected chi connectivity index (χ3v) is 5.27. The maximum Gasteiger partial charge on any atom is 0.251 e. The van der Waals surface area contributed by atoms with E-state index in [1.807, 2.05) is 26.0 Å². The number of aliphatic hydroxyl groups is 1. The quantitative estimate of drug-likeness (QED) is 0.677. The molecule has 0 bridgehead atoms. The average Bonchev–Trinajstić information content (AvgIpc) is 3.15. The van der Waals surface area contributed by atoms with Gasteiger partial charge in [0.15, 0.2) is 0 Å². The van der Waals surface area contributed by atoms with Gasteiger partial charge in [0.05, 0.1) is 0 Å². The van der Waals surface area contributed by atoms with Gasteiger partial charge in [-0.05, 0) is 50.3 Å². The molecule has 1 saturated carbocycles. The van der Waals surface area contributed by atoms with Crippen LogP contribution in [0.1, 0.15) is 68.3 Å². The fourth-order valence-corrected chi connectivity index (χ4v) is 3.22. The van der Waals surface area contributed by atoms with Crippen LogP contribution < -0.4 is 10.6 Å². The first kappa shape index (κ1) is 19.4. The average molecular weight is 346 g/mol. The van der Waals surface area contributed by atoms with Gasteiger partial charge >= 0.3 is 0 Å². The number of rotatable bonds is 8. The highest BCUT2D eigenvalue weighted by Gasteiger charge is 2.24. The number of amides is 2. The molecular weight excluding hydrogens is 316 g/mol. The number of carbonyl (C=O) groups is 2. The van der Waals surface area contributed by atoms with Crippen LogP contribution in [0.3, 0.4) is 0 Å². The van der Waals surface area contributed by atoms with Crippen LogP contribution in [0.5, 0.6) is 0 Å². The van der Waals surface area contributed by atoms with E-state index < -0.39 is 5.54 Å². The second-order valence-corrected chi connectivity index (χ2v) is 7.24. The van der Waals surface area contributed by atoms with E-state index in [2.05, 4.69) is 10.6 Å². The topological polar surface area (TPSA) is 78.4 Å². The molecule has 138 valence electrons. The van der Waals surface area contributed by atoms with Crippen LogP contribution >= 0.6 is 0 Å². The second kappa shape index (κ2) is 8.99. The Kier molecular flexibility index (Phi) is 7.00. The smallest absolute Gasteiger partial charge is 0.251 e. The highest BCUT2D eigenvalue weighted by atomic mass is 16.3. The van der Waals surface area contributed by atoms with Crippen molar-refractivity contribution < 1.29 is 14.7 Å². The van der Waals surface area contributed by atoms with Crippen molar-refractivity contribution >= 4 is 11.8 Å². The minimum absolute atomic E-state index is 0.0459. The molecule has 0 aromatic heterocycles. The molecule has 25 heavy (non-hydrogen) atoms. The molecule has 0 heterocycles. The van der Waals surface area contributed by atoms with Gasteiger partial charge in [-0.2, -0.15) is 0 Å². The summed E-state index contributed by atoms with van der Waals surface area (Å²) in [6.45, 7) is 4.47. The molecular formula is C20H30N2O3. The van der Waals surface area contributed by atoms with Gasteiger partial charge in [-0.15, -0.1) is 0 Å². The van der Waals surface area contributed by atoms with E-state index in [1.54, 1.807) is 12.1 Å². The Morgan fingerprint density at radius 1 is 1.20 bits per heavy atom. The molecule has 1 aliphatic rings. The van der Waals surface area contributed by atoms with E-state index in [4.69, 9.17) is 5.11 Å². The molecule has 1 atom stereocenters. The van der Waals surface area contributed by atoms with Crippen molar-refractivity contribution in [2.24, 2.45) is 5.92 Å². The van der Waals surface area contributed by atoms with Gasteiger partial charge < -0.3 is 15.7 Å². The lowest BCUT2D eigenvalue weighted by Crippen LogP contribution is -2.46.